The van der Waals surface area contributed by atoms with Crippen molar-refractivity contribution in [2.75, 3.05) is 0 Å². The number of rotatable bonds is 5. The molecule has 0 spiro atoms. The molecule has 0 aromatic heterocycles. The molecule has 0 saturated heterocycles. The first-order valence-corrected chi connectivity index (χ1v) is 7.26. The van der Waals surface area contributed by atoms with E-state index in [0.717, 1.165) is 0 Å². The second kappa shape index (κ2) is 7.56. The van der Waals surface area contributed by atoms with Crippen LogP contribution in [0.1, 0.15) is 15.9 Å². The van der Waals surface area contributed by atoms with Crippen LogP contribution in [0.2, 0.25) is 0 Å². The summed E-state index contributed by atoms with van der Waals surface area (Å²) in [6.45, 7) is 3.16. The van der Waals surface area contributed by atoms with Crippen molar-refractivity contribution in [1.82, 2.24) is 0 Å². The topological polar surface area (TPSA) is 60.4 Å². The Morgan fingerprint density at radius 3 is 2.19 bits per heavy atom. The standard InChI is InChI=1S/C15H12O4S.Na.H/c1-2-20(17,18)19-14-11-7-6-10-13(14)15(16)12-8-4-3-5-9-12;;/h2-11H,1H2;;. The van der Waals surface area contributed by atoms with Gasteiger partial charge in [-0.05, 0) is 12.1 Å². The number of hydrogen-bond donors (Lipinski definition) is 0. The molecule has 0 saturated carbocycles. The molecule has 104 valence electrons. The summed E-state index contributed by atoms with van der Waals surface area (Å²) in [6.07, 6.45) is 0. The normalized spacial score (nSPS) is 10.3. The van der Waals surface area contributed by atoms with Crippen molar-refractivity contribution < 1.29 is 17.4 Å². The molecule has 0 unspecified atom stereocenters. The number of carbonyl (C=O) groups excluding carboxylic acids is 1. The van der Waals surface area contributed by atoms with Crippen LogP contribution in [0, 0.1) is 0 Å². The first-order valence-electron chi connectivity index (χ1n) is 5.79. The van der Waals surface area contributed by atoms with Crippen LogP contribution in [0.3, 0.4) is 0 Å². The monoisotopic (exact) mass is 312 g/mol. The van der Waals surface area contributed by atoms with E-state index in [4.69, 9.17) is 4.18 Å². The van der Waals surface area contributed by atoms with Crippen LogP contribution in [-0.2, 0) is 10.1 Å². The Morgan fingerprint density at radius 2 is 1.57 bits per heavy atom. The molecular formula is C15H13NaO4S. The molecule has 0 bridgehead atoms. The summed E-state index contributed by atoms with van der Waals surface area (Å²) < 4.78 is 27.7. The molecule has 6 heteroatoms. The zero-order valence-corrected chi connectivity index (χ0v) is 11.3. The van der Waals surface area contributed by atoms with Gasteiger partial charge in [-0.2, -0.15) is 8.42 Å². The van der Waals surface area contributed by atoms with Crippen LogP contribution in [0.5, 0.6) is 5.75 Å². The Kier molecular flexibility index (Phi) is 6.36. The Bertz CT molecular complexity index is 739. The van der Waals surface area contributed by atoms with E-state index in [1.54, 1.807) is 42.5 Å². The molecule has 0 radical (unpaired) electrons. The Morgan fingerprint density at radius 1 is 1.00 bits per heavy atom. The van der Waals surface area contributed by atoms with Crippen molar-refractivity contribution in [1.29, 1.82) is 0 Å². The first-order chi connectivity index (χ1) is 9.53. The number of ketones is 1. The van der Waals surface area contributed by atoms with Gasteiger partial charge in [-0.15, -0.1) is 0 Å². The zero-order valence-electron chi connectivity index (χ0n) is 10.5. The van der Waals surface area contributed by atoms with E-state index in [0.29, 0.717) is 11.0 Å². The average Bonchev–Trinajstić information content (AvgIpc) is 2.48. The average molecular weight is 312 g/mol. The summed E-state index contributed by atoms with van der Waals surface area (Å²) in [7, 11) is -3.90. The molecule has 2 rings (SSSR count). The van der Waals surface area contributed by atoms with Crippen molar-refractivity contribution in [2.24, 2.45) is 0 Å². The summed E-state index contributed by atoms with van der Waals surface area (Å²) in [5.74, 6) is -0.318. The van der Waals surface area contributed by atoms with E-state index in [1.807, 2.05) is 0 Å². The van der Waals surface area contributed by atoms with Crippen molar-refractivity contribution in [3.8, 4) is 5.75 Å². The predicted octanol–water partition coefficient (Wildman–Crippen LogP) is 2.12. The molecular weight excluding hydrogens is 299 g/mol. The SMILES string of the molecule is C=CS(=O)(=O)Oc1ccccc1C(=O)c1ccccc1.[NaH]. The summed E-state index contributed by atoms with van der Waals surface area (Å²) in [5, 5.41) is 0.691. The van der Waals surface area contributed by atoms with Gasteiger partial charge in [0.05, 0.1) is 11.0 Å². The molecule has 0 aliphatic heterocycles. The molecule has 0 heterocycles. The molecule has 2 aromatic carbocycles. The second-order valence-corrected chi connectivity index (χ2v) is 5.42. The number of benzene rings is 2. The fourth-order valence-corrected chi connectivity index (χ4v) is 2.09. The zero-order chi connectivity index (χ0) is 14.6. The fraction of sp³-hybridized carbons (Fsp3) is 0. The molecule has 0 N–H and O–H groups in total. The fourth-order valence-electron chi connectivity index (χ4n) is 1.63. The van der Waals surface area contributed by atoms with E-state index < -0.39 is 10.1 Å². The minimum atomic E-state index is -3.90. The summed E-state index contributed by atoms with van der Waals surface area (Å²) in [5.41, 5.74) is 0.642. The quantitative estimate of drug-likeness (QED) is 0.482. The van der Waals surface area contributed by atoms with Crippen LogP contribution < -0.4 is 4.18 Å². The molecule has 2 aromatic rings. The van der Waals surface area contributed by atoms with Crippen LogP contribution in [0.4, 0.5) is 0 Å². The third-order valence-electron chi connectivity index (χ3n) is 2.58. The second-order valence-electron chi connectivity index (χ2n) is 3.93. The van der Waals surface area contributed by atoms with Gasteiger partial charge in [-0.1, -0.05) is 49.0 Å². The summed E-state index contributed by atoms with van der Waals surface area (Å²) in [4.78, 5) is 12.3. The van der Waals surface area contributed by atoms with Gasteiger partial charge >= 0.3 is 39.7 Å². The van der Waals surface area contributed by atoms with Crippen molar-refractivity contribution in [3.63, 3.8) is 0 Å². The maximum absolute atomic E-state index is 12.3. The summed E-state index contributed by atoms with van der Waals surface area (Å²) >= 11 is 0. The minimum absolute atomic E-state index is 0. The summed E-state index contributed by atoms with van der Waals surface area (Å²) in [6, 6.07) is 14.7. The van der Waals surface area contributed by atoms with Gasteiger partial charge in [0.15, 0.2) is 11.5 Å². The molecule has 0 atom stereocenters. The van der Waals surface area contributed by atoms with E-state index in [-0.39, 0.29) is 46.7 Å². The molecule has 0 aliphatic rings. The maximum atomic E-state index is 12.3. The van der Waals surface area contributed by atoms with E-state index in [1.165, 1.54) is 12.1 Å². The number of carbonyl (C=O) groups is 1. The van der Waals surface area contributed by atoms with Crippen molar-refractivity contribution in [3.05, 3.63) is 77.7 Å². The van der Waals surface area contributed by atoms with Crippen molar-refractivity contribution >= 4 is 45.5 Å². The van der Waals surface area contributed by atoms with Crippen LogP contribution in [0.25, 0.3) is 0 Å². The molecule has 21 heavy (non-hydrogen) atoms. The van der Waals surface area contributed by atoms with Crippen LogP contribution in [-0.4, -0.2) is 43.8 Å². The molecule has 0 aliphatic carbocycles. The first kappa shape index (κ1) is 17.7. The number of hydrogen-bond acceptors (Lipinski definition) is 4. The third kappa shape index (κ3) is 4.54. The van der Waals surface area contributed by atoms with Crippen LogP contribution >= 0.6 is 0 Å². The predicted molar refractivity (Wildman–Crippen MR) is 83.2 cm³/mol. The Balaban J connectivity index is 0.00000220. The van der Waals surface area contributed by atoms with Crippen molar-refractivity contribution in [2.45, 2.75) is 0 Å². The van der Waals surface area contributed by atoms with Crippen LogP contribution in [0.15, 0.2) is 66.6 Å². The van der Waals surface area contributed by atoms with Gasteiger partial charge in [-0.25, -0.2) is 0 Å². The van der Waals surface area contributed by atoms with Gasteiger partial charge in [0, 0.05) is 5.56 Å². The van der Waals surface area contributed by atoms with Gasteiger partial charge in [0.2, 0.25) is 0 Å². The molecule has 4 nitrogen and oxygen atoms in total. The van der Waals surface area contributed by atoms with E-state index >= 15 is 0 Å². The molecule has 0 amide bonds. The van der Waals surface area contributed by atoms with Gasteiger partial charge < -0.3 is 4.18 Å². The molecule has 0 fully saturated rings. The van der Waals surface area contributed by atoms with Gasteiger partial charge in [0.1, 0.15) is 0 Å². The third-order valence-corrected chi connectivity index (χ3v) is 3.40. The Labute approximate surface area is 145 Å². The van der Waals surface area contributed by atoms with E-state index in [2.05, 4.69) is 6.58 Å². The van der Waals surface area contributed by atoms with Gasteiger partial charge in [-0.3, -0.25) is 4.79 Å². The Hall–Kier alpha value is -1.40. The number of para-hydroxylation sites is 1. The van der Waals surface area contributed by atoms with E-state index in [9.17, 15) is 13.2 Å². The van der Waals surface area contributed by atoms with Gasteiger partial charge in [0.25, 0.3) is 0 Å².